The van der Waals surface area contributed by atoms with Gasteiger partial charge in [0, 0.05) is 10.6 Å². The van der Waals surface area contributed by atoms with Crippen LogP contribution in [0.4, 0.5) is 5.69 Å². The molecule has 1 amide bonds. The third-order valence-corrected chi connectivity index (χ3v) is 6.91. The van der Waals surface area contributed by atoms with Crippen molar-refractivity contribution in [2.24, 2.45) is 5.92 Å². The number of fused-ring (bicyclic) bond motifs is 1. The van der Waals surface area contributed by atoms with E-state index < -0.39 is 10.0 Å². The van der Waals surface area contributed by atoms with Crippen LogP contribution in [0, 0.1) is 5.92 Å². The maximum Gasteiger partial charge on any atom is 0.265 e. The molecule has 0 fully saturated rings. The fourth-order valence-corrected chi connectivity index (χ4v) is 4.68. The van der Waals surface area contributed by atoms with Gasteiger partial charge in [0.1, 0.15) is 0 Å². The molecule has 5 nitrogen and oxygen atoms in total. The molecule has 1 aliphatic rings. The summed E-state index contributed by atoms with van der Waals surface area (Å²) in [6.07, 6.45) is 3.26. The van der Waals surface area contributed by atoms with Gasteiger partial charge >= 0.3 is 0 Å². The average molecular weight is 364 g/mol. The van der Waals surface area contributed by atoms with Crippen LogP contribution >= 0.6 is 11.3 Å². The quantitative estimate of drug-likeness (QED) is 0.876. The van der Waals surface area contributed by atoms with Crippen molar-refractivity contribution in [3.8, 4) is 0 Å². The number of aryl methyl sites for hydroxylation is 1. The summed E-state index contributed by atoms with van der Waals surface area (Å²) in [5.74, 6) is 0.524. The molecule has 24 heavy (non-hydrogen) atoms. The summed E-state index contributed by atoms with van der Waals surface area (Å²) < 4.78 is 25.7. The molecular formula is C17H20N2O3S2. The van der Waals surface area contributed by atoms with E-state index in [0.717, 1.165) is 12.8 Å². The fraction of sp³-hybridized carbons (Fsp3) is 0.353. The zero-order valence-electron chi connectivity index (χ0n) is 13.6. The van der Waals surface area contributed by atoms with E-state index in [1.54, 1.807) is 23.5 Å². The Balaban J connectivity index is 1.73. The first-order valence-electron chi connectivity index (χ1n) is 7.85. The Hall–Kier alpha value is -1.70. The van der Waals surface area contributed by atoms with Crippen molar-refractivity contribution in [3.63, 3.8) is 0 Å². The second-order valence-corrected chi connectivity index (χ2v) is 9.12. The molecule has 1 aromatic heterocycles. The van der Waals surface area contributed by atoms with E-state index in [0.29, 0.717) is 16.5 Å². The lowest BCUT2D eigenvalue weighted by Crippen LogP contribution is -2.18. The predicted octanol–water partition coefficient (Wildman–Crippen LogP) is 3.03. The van der Waals surface area contributed by atoms with E-state index in [9.17, 15) is 13.2 Å². The molecule has 0 saturated heterocycles. The molecule has 2 N–H and O–H groups in total. The number of hydrogen-bond donors (Lipinski definition) is 2. The second kappa shape index (κ2) is 6.66. The van der Waals surface area contributed by atoms with Gasteiger partial charge in [-0.25, -0.2) is 13.1 Å². The molecule has 7 heteroatoms. The lowest BCUT2D eigenvalue weighted by atomic mass is 9.90. The summed E-state index contributed by atoms with van der Waals surface area (Å²) in [6.45, 7) is 2.24. The summed E-state index contributed by atoms with van der Waals surface area (Å²) in [7, 11) is -2.10. The Labute approximate surface area is 146 Å². The van der Waals surface area contributed by atoms with Crippen molar-refractivity contribution < 1.29 is 13.2 Å². The van der Waals surface area contributed by atoms with Crippen molar-refractivity contribution in [3.05, 3.63) is 45.6 Å². The van der Waals surface area contributed by atoms with Crippen LogP contribution < -0.4 is 10.0 Å². The molecule has 1 atom stereocenters. The van der Waals surface area contributed by atoms with Crippen LogP contribution in [0.15, 0.2) is 35.2 Å². The molecule has 3 rings (SSSR count). The topological polar surface area (TPSA) is 75.3 Å². The van der Waals surface area contributed by atoms with Crippen LogP contribution in [0.1, 0.15) is 33.5 Å². The SMILES string of the molecule is CNS(=O)(=O)c1ccc(NC(=O)c2cc3c(s2)CC[C@@H](C)C3)cc1. The van der Waals surface area contributed by atoms with Crippen LogP contribution in [-0.2, 0) is 22.9 Å². The number of amides is 1. The Bertz CT molecular complexity index is 854. The number of carbonyl (C=O) groups excluding carboxylic acids is 1. The molecule has 128 valence electrons. The van der Waals surface area contributed by atoms with Crippen molar-refractivity contribution in [2.45, 2.75) is 31.1 Å². The lowest BCUT2D eigenvalue weighted by molar-refractivity contribution is 0.103. The second-order valence-electron chi connectivity index (χ2n) is 6.09. The molecule has 0 aliphatic heterocycles. The zero-order chi connectivity index (χ0) is 17.3. The summed E-state index contributed by atoms with van der Waals surface area (Å²) in [5, 5.41) is 2.83. The minimum absolute atomic E-state index is 0.147. The van der Waals surface area contributed by atoms with Gasteiger partial charge in [0.25, 0.3) is 5.91 Å². The number of anilines is 1. The van der Waals surface area contributed by atoms with E-state index in [1.807, 2.05) is 6.07 Å². The molecule has 0 bridgehead atoms. The van der Waals surface area contributed by atoms with E-state index in [2.05, 4.69) is 17.0 Å². The summed E-state index contributed by atoms with van der Waals surface area (Å²) in [6, 6.07) is 8.13. The highest BCUT2D eigenvalue weighted by Gasteiger charge is 2.20. The van der Waals surface area contributed by atoms with Gasteiger partial charge in [0.2, 0.25) is 10.0 Å². The van der Waals surface area contributed by atoms with Crippen molar-refractivity contribution >= 4 is 33.0 Å². The predicted molar refractivity (Wildman–Crippen MR) is 96.1 cm³/mol. The van der Waals surface area contributed by atoms with E-state index >= 15 is 0 Å². The van der Waals surface area contributed by atoms with E-state index in [4.69, 9.17) is 0 Å². The fourth-order valence-electron chi connectivity index (χ4n) is 2.85. The number of benzene rings is 1. The highest BCUT2D eigenvalue weighted by Crippen LogP contribution is 2.32. The first-order chi connectivity index (χ1) is 11.4. The first-order valence-corrected chi connectivity index (χ1v) is 10.2. The Kier molecular flexibility index (Phi) is 4.76. The van der Waals surface area contributed by atoms with Crippen molar-refractivity contribution in [2.75, 3.05) is 12.4 Å². The van der Waals surface area contributed by atoms with E-state index in [-0.39, 0.29) is 10.8 Å². The summed E-state index contributed by atoms with van der Waals surface area (Å²) >= 11 is 1.56. The highest BCUT2D eigenvalue weighted by molar-refractivity contribution is 7.89. The first kappa shape index (κ1) is 17.1. The lowest BCUT2D eigenvalue weighted by Gasteiger charge is -2.16. The van der Waals surface area contributed by atoms with Crippen molar-refractivity contribution in [1.29, 1.82) is 0 Å². The normalized spacial score (nSPS) is 17.3. The van der Waals surface area contributed by atoms with Gasteiger partial charge in [-0.15, -0.1) is 11.3 Å². The number of carbonyl (C=O) groups is 1. The van der Waals surface area contributed by atoms with Crippen LogP contribution in [0.3, 0.4) is 0 Å². The van der Waals surface area contributed by atoms with Gasteiger partial charge in [-0.3, -0.25) is 4.79 Å². The zero-order valence-corrected chi connectivity index (χ0v) is 15.3. The minimum atomic E-state index is -3.46. The maximum atomic E-state index is 12.4. The average Bonchev–Trinajstić information content (AvgIpc) is 2.98. The summed E-state index contributed by atoms with van der Waals surface area (Å²) in [4.78, 5) is 14.6. The largest absolute Gasteiger partial charge is 0.321 e. The third-order valence-electron chi connectivity index (χ3n) is 4.24. The smallest absolute Gasteiger partial charge is 0.265 e. The molecule has 0 radical (unpaired) electrons. The Morgan fingerprint density at radius 2 is 1.96 bits per heavy atom. The number of thiophene rings is 1. The molecule has 1 heterocycles. The monoisotopic (exact) mass is 364 g/mol. The number of sulfonamides is 1. The molecular weight excluding hydrogens is 344 g/mol. The molecule has 0 spiro atoms. The number of hydrogen-bond acceptors (Lipinski definition) is 4. The van der Waals surface area contributed by atoms with Crippen LogP contribution in [0.25, 0.3) is 0 Å². The van der Waals surface area contributed by atoms with Crippen LogP contribution in [0.5, 0.6) is 0 Å². The third kappa shape index (κ3) is 3.53. The van der Waals surface area contributed by atoms with Gasteiger partial charge in [-0.2, -0.15) is 0 Å². The molecule has 0 unspecified atom stereocenters. The summed E-state index contributed by atoms with van der Waals surface area (Å²) in [5.41, 5.74) is 1.87. The maximum absolute atomic E-state index is 12.4. The van der Waals surface area contributed by atoms with Gasteiger partial charge in [-0.1, -0.05) is 6.92 Å². The van der Waals surface area contributed by atoms with Gasteiger partial charge < -0.3 is 5.32 Å². The van der Waals surface area contributed by atoms with Crippen molar-refractivity contribution in [1.82, 2.24) is 4.72 Å². The highest BCUT2D eigenvalue weighted by atomic mass is 32.2. The molecule has 0 saturated carbocycles. The minimum Gasteiger partial charge on any atom is -0.321 e. The van der Waals surface area contributed by atoms with Crippen LogP contribution in [0.2, 0.25) is 0 Å². The standard InChI is InChI=1S/C17H20N2O3S2/c1-11-3-8-15-12(9-11)10-16(23-15)17(20)19-13-4-6-14(7-5-13)24(21,22)18-2/h4-7,10-11,18H,3,8-9H2,1-2H3,(H,19,20)/t11-/m1/s1. The number of nitrogens with one attached hydrogen (secondary N) is 2. The molecule has 1 aliphatic carbocycles. The van der Waals surface area contributed by atoms with Crippen LogP contribution in [-0.4, -0.2) is 21.4 Å². The number of rotatable bonds is 4. The van der Waals surface area contributed by atoms with Gasteiger partial charge in [-0.05, 0) is 68.1 Å². The van der Waals surface area contributed by atoms with Gasteiger partial charge in [0.05, 0.1) is 9.77 Å². The molecule has 1 aromatic carbocycles. The van der Waals surface area contributed by atoms with Gasteiger partial charge in [0.15, 0.2) is 0 Å². The van der Waals surface area contributed by atoms with E-state index in [1.165, 1.54) is 36.0 Å². The Morgan fingerprint density at radius 1 is 1.25 bits per heavy atom. The molecule has 2 aromatic rings. The Morgan fingerprint density at radius 3 is 2.62 bits per heavy atom.